The van der Waals surface area contributed by atoms with Crippen LogP contribution in [0.1, 0.15) is 18.4 Å². The van der Waals surface area contributed by atoms with Crippen LogP contribution in [-0.4, -0.2) is 6.54 Å². The highest BCUT2D eigenvalue weighted by molar-refractivity contribution is 9.10. The Morgan fingerprint density at radius 1 is 1.06 bits per heavy atom. The number of nitrogens with one attached hydrogen (secondary N) is 1. The van der Waals surface area contributed by atoms with E-state index in [4.69, 9.17) is 0 Å². The highest BCUT2D eigenvalue weighted by atomic mass is 79.9. The van der Waals surface area contributed by atoms with Gasteiger partial charge in [0.1, 0.15) is 0 Å². The van der Waals surface area contributed by atoms with Crippen molar-refractivity contribution < 1.29 is 0 Å². The second kappa shape index (κ2) is 4.79. The average Bonchev–Trinajstić information content (AvgIpc) is 3.17. The molecule has 88 valence electrons. The van der Waals surface area contributed by atoms with Gasteiger partial charge in [-0.3, -0.25) is 0 Å². The monoisotopic (exact) mass is 289 g/mol. The molecule has 0 bridgehead atoms. The fraction of sp³-hybridized carbons (Fsp3) is 0.333. The molecule has 0 unspecified atom stereocenters. The van der Waals surface area contributed by atoms with Gasteiger partial charge in [-0.2, -0.15) is 0 Å². The van der Waals surface area contributed by atoms with E-state index in [1.807, 2.05) is 0 Å². The lowest BCUT2D eigenvalue weighted by atomic mass is 10.0. The van der Waals surface area contributed by atoms with Crippen LogP contribution in [0, 0.1) is 5.92 Å². The fourth-order valence-electron chi connectivity index (χ4n) is 2.21. The summed E-state index contributed by atoms with van der Waals surface area (Å²) in [5.74, 6) is 0.941. The summed E-state index contributed by atoms with van der Waals surface area (Å²) in [6, 6.07) is 12.9. The van der Waals surface area contributed by atoms with Gasteiger partial charge in [0.05, 0.1) is 0 Å². The van der Waals surface area contributed by atoms with Crippen molar-refractivity contribution in [2.75, 3.05) is 6.54 Å². The van der Waals surface area contributed by atoms with E-state index in [9.17, 15) is 0 Å². The highest BCUT2D eigenvalue weighted by Crippen LogP contribution is 2.29. The Morgan fingerprint density at radius 2 is 1.82 bits per heavy atom. The number of rotatable bonds is 4. The van der Waals surface area contributed by atoms with E-state index in [0.29, 0.717) is 0 Å². The summed E-state index contributed by atoms with van der Waals surface area (Å²) in [6.45, 7) is 2.15. The average molecular weight is 290 g/mol. The Kier molecular flexibility index (Phi) is 3.17. The SMILES string of the molecule is Brc1ccc(CNCC2CC2)c2ccccc12. The molecule has 0 amide bonds. The summed E-state index contributed by atoms with van der Waals surface area (Å²) in [6.07, 6.45) is 2.82. The summed E-state index contributed by atoms with van der Waals surface area (Å²) >= 11 is 3.61. The summed E-state index contributed by atoms with van der Waals surface area (Å²) in [7, 11) is 0. The summed E-state index contributed by atoms with van der Waals surface area (Å²) in [5, 5.41) is 6.22. The van der Waals surface area contributed by atoms with Crippen LogP contribution in [0.2, 0.25) is 0 Å². The molecule has 0 radical (unpaired) electrons. The van der Waals surface area contributed by atoms with Gasteiger partial charge in [-0.05, 0) is 47.7 Å². The van der Waals surface area contributed by atoms with Crippen LogP contribution >= 0.6 is 15.9 Å². The van der Waals surface area contributed by atoms with Crippen LogP contribution in [-0.2, 0) is 6.54 Å². The molecule has 0 heterocycles. The summed E-state index contributed by atoms with van der Waals surface area (Å²) in [4.78, 5) is 0. The molecule has 1 fully saturated rings. The standard InChI is InChI=1S/C15H16BrN/c16-15-8-7-12(10-17-9-11-5-6-11)13-3-1-2-4-14(13)15/h1-4,7-8,11,17H,5-6,9-10H2. The summed E-state index contributed by atoms with van der Waals surface area (Å²) in [5.41, 5.74) is 1.39. The maximum Gasteiger partial charge on any atom is 0.0253 e. The molecule has 1 N–H and O–H groups in total. The molecule has 1 nitrogen and oxygen atoms in total. The van der Waals surface area contributed by atoms with E-state index in [2.05, 4.69) is 57.6 Å². The van der Waals surface area contributed by atoms with E-state index in [1.54, 1.807) is 0 Å². The normalized spacial score (nSPS) is 15.4. The molecule has 0 spiro atoms. The number of halogens is 1. The largest absolute Gasteiger partial charge is 0.312 e. The molecule has 2 heteroatoms. The molecule has 0 atom stereocenters. The van der Waals surface area contributed by atoms with Gasteiger partial charge in [-0.25, -0.2) is 0 Å². The predicted octanol–water partition coefficient (Wildman–Crippen LogP) is 4.10. The van der Waals surface area contributed by atoms with E-state index in [0.717, 1.165) is 12.5 Å². The Balaban J connectivity index is 1.84. The molecule has 0 saturated heterocycles. The first kappa shape index (κ1) is 11.2. The van der Waals surface area contributed by atoms with Crippen LogP contribution in [0.15, 0.2) is 40.9 Å². The molecule has 1 aliphatic rings. The topological polar surface area (TPSA) is 12.0 Å². The predicted molar refractivity (Wildman–Crippen MR) is 76.1 cm³/mol. The molecule has 17 heavy (non-hydrogen) atoms. The minimum atomic E-state index is 0.941. The quantitative estimate of drug-likeness (QED) is 0.894. The zero-order valence-electron chi connectivity index (χ0n) is 9.75. The lowest BCUT2D eigenvalue weighted by molar-refractivity contribution is 0.641. The van der Waals surface area contributed by atoms with Gasteiger partial charge in [0.15, 0.2) is 0 Å². The molecular formula is C15H16BrN. The van der Waals surface area contributed by atoms with Crippen molar-refractivity contribution in [3.05, 3.63) is 46.4 Å². The summed E-state index contributed by atoms with van der Waals surface area (Å²) < 4.78 is 1.18. The minimum absolute atomic E-state index is 0.941. The zero-order valence-corrected chi connectivity index (χ0v) is 11.3. The minimum Gasteiger partial charge on any atom is -0.312 e. The van der Waals surface area contributed by atoms with E-state index in [-0.39, 0.29) is 0 Å². The number of hydrogen-bond donors (Lipinski definition) is 1. The number of fused-ring (bicyclic) bond motifs is 1. The second-order valence-electron chi connectivity index (χ2n) is 4.83. The van der Waals surface area contributed by atoms with E-state index >= 15 is 0 Å². The van der Waals surface area contributed by atoms with Gasteiger partial charge in [-0.1, -0.05) is 46.3 Å². The van der Waals surface area contributed by atoms with Crippen molar-refractivity contribution in [2.24, 2.45) is 5.92 Å². The number of benzene rings is 2. The van der Waals surface area contributed by atoms with Gasteiger partial charge in [0.2, 0.25) is 0 Å². The number of hydrogen-bond acceptors (Lipinski definition) is 1. The molecule has 0 aliphatic heterocycles. The molecule has 2 aromatic carbocycles. The van der Waals surface area contributed by atoms with Crippen molar-refractivity contribution in [3.63, 3.8) is 0 Å². The van der Waals surface area contributed by atoms with Gasteiger partial charge in [0, 0.05) is 11.0 Å². The molecule has 1 saturated carbocycles. The Morgan fingerprint density at radius 3 is 2.59 bits per heavy atom. The smallest absolute Gasteiger partial charge is 0.0253 e. The van der Waals surface area contributed by atoms with Gasteiger partial charge in [-0.15, -0.1) is 0 Å². The lowest BCUT2D eigenvalue weighted by Gasteiger charge is -2.09. The first-order valence-corrected chi connectivity index (χ1v) is 7.01. The van der Waals surface area contributed by atoms with Gasteiger partial charge >= 0.3 is 0 Å². The maximum atomic E-state index is 3.61. The van der Waals surface area contributed by atoms with Crippen LogP contribution < -0.4 is 5.32 Å². The van der Waals surface area contributed by atoms with Crippen LogP contribution in [0.5, 0.6) is 0 Å². The maximum absolute atomic E-state index is 3.61. The molecule has 0 aromatic heterocycles. The zero-order chi connectivity index (χ0) is 11.7. The Bertz CT molecular complexity index is 531. The Hall–Kier alpha value is -0.860. The third-order valence-corrected chi connectivity index (χ3v) is 4.10. The molecule has 1 aliphatic carbocycles. The third-order valence-electron chi connectivity index (χ3n) is 3.41. The fourth-order valence-corrected chi connectivity index (χ4v) is 2.69. The second-order valence-corrected chi connectivity index (χ2v) is 5.68. The first-order chi connectivity index (χ1) is 8.34. The molecule has 2 aromatic rings. The van der Waals surface area contributed by atoms with Crippen LogP contribution in [0.3, 0.4) is 0 Å². The van der Waals surface area contributed by atoms with Gasteiger partial charge in [0.25, 0.3) is 0 Å². The van der Waals surface area contributed by atoms with E-state index in [1.165, 1.54) is 40.2 Å². The third kappa shape index (κ3) is 2.53. The highest BCUT2D eigenvalue weighted by Gasteiger charge is 2.20. The molecular weight excluding hydrogens is 274 g/mol. The lowest BCUT2D eigenvalue weighted by Crippen LogP contribution is -2.16. The Labute approximate surface area is 110 Å². The first-order valence-electron chi connectivity index (χ1n) is 6.21. The van der Waals surface area contributed by atoms with Crippen LogP contribution in [0.25, 0.3) is 10.8 Å². The van der Waals surface area contributed by atoms with Crippen molar-refractivity contribution >= 4 is 26.7 Å². The van der Waals surface area contributed by atoms with E-state index < -0.39 is 0 Å². The van der Waals surface area contributed by atoms with Crippen molar-refractivity contribution in [2.45, 2.75) is 19.4 Å². The van der Waals surface area contributed by atoms with Crippen molar-refractivity contribution in [1.29, 1.82) is 0 Å². The van der Waals surface area contributed by atoms with Gasteiger partial charge < -0.3 is 5.32 Å². The van der Waals surface area contributed by atoms with Crippen molar-refractivity contribution in [1.82, 2.24) is 5.32 Å². The van der Waals surface area contributed by atoms with Crippen LogP contribution in [0.4, 0.5) is 0 Å². The van der Waals surface area contributed by atoms with Crippen molar-refractivity contribution in [3.8, 4) is 0 Å². The molecule has 3 rings (SSSR count).